The highest BCUT2D eigenvalue weighted by Crippen LogP contribution is 2.03. The summed E-state index contributed by atoms with van der Waals surface area (Å²) >= 11 is 2.05. The zero-order chi connectivity index (χ0) is 6.85. The SMILES string of the molecule is O=C(O)n1ccc(I)c1. The zero-order valence-electron chi connectivity index (χ0n) is 4.41. The van der Waals surface area contributed by atoms with E-state index in [0.29, 0.717) is 0 Å². The minimum atomic E-state index is -0.946. The van der Waals surface area contributed by atoms with Crippen LogP contribution in [-0.4, -0.2) is 15.8 Å². The predicted molar refractivity (Wildman–Crippen MR) is 40.6 cm³/mol. The first-order valence-electron chi connectivity index (χ1n) is 2.27. The Morgan fingerprint density at radius 1 is 1.78 bits per heavy atom. The number of nitrogens with zero attached hydrogens (tertiary/aromatic N) is 1. The van der Waals surface area contributed by atoms with E-state index in [9.17, 15) is 4.79 Å². The maximum Gasteiger partial charge on any atom is 0.415 e. The summed E-state index contributed by atoms with van der Waals surface area (Å²) in [6, 6.07) is 1.73. The molecular weight excluding hydrogens is 233 g/mol. The average Bonchev–Trinajstić information content (AvgIpc) is 2.14. The van der Waals surface area contributed by atoms with Crippen molar-refractivity contribution in [2.75, 3.05) is 0 Å². The lowest BCUT2D eigenvalue weighted by Gasteiger charge is -1.87. The largest absolute Gasteiger partial charge is 0.464 e. The number of rotatable bonds is 0. The number of carbonyl (C=O) groups is 1. The highest BCUT2D eigenvalue weighted by Gasteiger charge is 1.97. The molecule has 0 aliphatic rings. The van der Waals surface area contributed by atoms with Crippen LogP contribution in [0.3, 0.4) is 0 Å². The fourth-order valence-corrected chi connectivity index (χ4v) is 0.950. The molecule has 0 fully saturated rings. The van der Waals surface area contributed by atoms with Gasteiger partial charge in [-0.05, 0) is 28.7 Å². The molecule has 1 rings (SSSR count). The molecule has 1 heterocycles. The van der Waals surface area contributed by atoms with Crippen LogP contribution in [-0.2, 0) is 0 Å². The third-order valence-electron chi connectivity index (χ3n) is 0.878. The van der Waals surface area contributed by atoms with Crippen molar-refractivity contribution in [3.05, 3.63) is 22.0 Å². The van der Waals surface area contributed by atoms with Gasteiger partial charge in [-0.15, -0.1) is 0 Å². The summed E-state index contributed by atoms with van der Waals surface area (Å²) in [6.45, 7) is 0. The number of carboxylic acid groups (broad SMARTS) is 1. The Bertz CT molecular complexity index is 231. The van der Waals surface area contributed by atoms with Gasteiger partial charge in [-0.25, -0.2) is 4.79 Å². The fourth-order valence-electron chi connectivity index (χ4n) is 0.489. The first-order valence-corrected chi connectivity index (χ1v) is 3.35. The van der Waals surface area contributed by atoms with Crippen molar-refractivity contribution in [1.29, 1.82) is 0 Å². The van der Waals surface area contributed by atoms with Crippen LogP contribution in [0, 0.1) is 3.57 Å². The summed E-state index contributed by atoms with van der Waals surface area (Å²) in [6.07, 6.45) is 2.10. The van der Waals surface area contributed by atoms with Gasteiger partial charge in [0, 0.05) is 16.0 Å². The van der Waals surface area contributed by atoms with Crippen molar-refractivity contribution in [3.63, 3.8) is 0 Å². The molecule has 1 aromatic heterocycles. The van der Waals surface area contributed by atoms with Crippen LogP contribution >= 0.6 is 22.6 Å². The van der Waals surface area contributed by atoms with E-state index in [1.807, 2.05) is 22.6 Å². The maximum atomic E-state index is 10.2. The molecule has 0 atom stereocenters. The lowest BCUT2D eigenvalue weighted by molar-refractivity contribution is 0.196. The van der Waals surface area contributed by atoms with Gasteiger partial charge in [-0.1, -0.05) is 0 Å². The van der Waals surface area contributed by atoms with Crippen LogP contribution in [0.2, 0.25) is 0 Å². The molecule has 9 heavy (non-hydrogen) atoms. The number of hydrogen-bond donors (Lipinski definition) is 1. The Hall–Kier alpha value is -0.520. The first kappa shape index (κ1) is 6.60. The zero-order valence-corrected chi connectivity index (χ0v) is 6.57. The molecule has 0 aliphatic heterocycles. The number of aromatic nitrogens is 1. The number of halogens is 1. The lowest BCUT2D eigenvalue weighted by atomic mass is 10.7. The van der Waals surface area contributed by atoms with E-state index in [4.69, 9.17) is 5.11 Å². The van der Waals surface area contributed by atoms with Gasteiger partial charge >= 0.3 is 6.09 Å². The van der Waals surface area contributed by atoms with E-state index >= 15 is 0 Å². The first-order chi connectivity index (χ1) is 4.20. The molecule has 0 aromatic carbocycles. The summed E-state index contributed by atoms with van der Waals surface area (Å²) in [4.78, 5) is 10.2. The minimum Gasteiger partial charge on any atom is -0.464 e. The molecule has 0 saturated heterocycles. The average molecular weight is 237 g/mol. The molecule has 0 radical (unpaired) electrons. The molecule has 0 aliphatic carbocycles. The van der Waals surface area contributed by atoms with E-state index in [-0.39, 0.29) is 0 Å². The molecule has 4 heteroatoms. The van der Waals surface area contributed by atoms with Gasteiger partial charge in [0.1, 0.15) is 0 Å². The number of hydrogen-bond acceptors (Lipinski definition) is 1. The Morgan fingerprint density at radius 2 is 2.44 bits per heavy atom. The summed E-state index contributed by atoms with van der Waals surface area (Å²) in [5.74, 6) is 0. The molecule has 1 aromatic rings. The van der Waals surface area contributed by atoms with E-state index in [1.54, 1.807) is 12.3 Å². The molecule has 3 nitrogen and oxygen atoms in total. The van der Waals surface area contributed by atoms with Gasteiger partial charge in [0.2, 0.25) is 0 Å². The van der Waals surface area contributed by atoms with Crippen molar-refractivity contribution in [2.45, 2.75) is 0 Å². The van der Waals surface area contributed by atoms with Crippen LogP contribution in [0.5, 0.6) is 0 Å². The minimum absolute atomic E-state index is 0.926. The molecule has 0 saturated carbocycles. The standard InChI is InChI=1S/C5H4INO2/c6-4-1-2-7(3-4)5(8)9/h1-3H,(H,8,9). The van der Waals surface area contributed by atoms with Crippen molar-refractivity contribution in [2.24, 2.45) is 0 Å². The van der Waals surface area contributed by atoms with Crippen molar-refractivity contribution >= 4 is 28.7 Å². The molecule has 1 N–H and O–H groups in total. The highest BCUT2D eigenvalue weighted by molar-refractivity contribution is 14.1. The third-order valence-corrected chi connectivity index (χ3v) is 1.52. The summed E-state index contributed by atoms with van der Waals surface area (Å²) in [5, 5.41) is 8.36. The van der Waals surface area contributed by atoms with E-state index in [0.717, 1.165) is 8.14 Å². The molecule has 0 amide bonds. The van der Waals surface area contributed by atoms with Crippen LogP contribution in [0.1, 0.15) is 0 Å². The highest BCUT2D eigenvalue weighted by atomic mass is 127. The van der Waals surface area contributed by atoms with Gasteiger partial charge in [0.15, 0.2) is 0 Å². The second kappa shape index (κ2) is 2.38. The Morgan fingerprint density at radius 3 is 2.67 bits per heavy atom. The van der Waals surface area contributed by atoms with Gasteiger partial charge in [0.25, 0.3) is 0 Å². The van der Waals surface area contributed by atoms with Gasteiger partial charge < -0.3 is 5.11 Å². The molecule has 0 bridgehead atoms. The smallest absolute Gasteiger partial charge is 0.415 e. The summed E-state index contributed by atoms with van der Waals surface area (Å²) in [5.41, 5.74) is 0. The summed E-state index contributed by atoms with van der Waals surface area (Å²) in [7, 11) is 0. The molecule has 0 unspecified atom stereocenters. The second-order valence-corrected chi connectivity index (χ2v) is 2.77. The third kappa shape index (κ3) is 1.44. The van der Waals surface area contributed by atoms with Crippen molar-refractivity contribution in [1.82, 2.24) is 4.57 Å². The Balaban J connectivity index is 2.98. The topological polar surface area (TPSA) is 42.2 Å². The quantitative estimate of drug-likeness (QED) is 0.696. The second-order valence-electron chi connectivity index (χ2n) is 1.52. The van der Waals surface area contributed by atoms with Gasteiger partial charge in [-0.2, -0.15) is 0 Å². The van der Waals surface area contributed by atoms with E-state index in [1.165, 1.54) is 6.20 Å². The Kier molecular flexibility index (Phi) is 1.75. The van der Waals surface area contributed by atoms with Crippen LogP contribution in [0.4, 0.5) is 4.79 Å². The van der Waals surface area contributed by atoms with Gasteiger partial charge in [-0.3, -0.25) is 4.57 Å². The Labute approximate surface area is 65.4 Å². The fraction of sp³-hybridized carbons (Fsp3) is 0. The normalized spacial score (nSPS) is 9.44. The maximum absolute atomic E-state index is 10.2. The van der Waals surface area contributed by atoms with Crippen LogP contribution in [0.15, 0.2) is 18.5 Å². The predicted octanol–water partition coefficient (Wildman–Crippen LogP) is 1.62. The molecular formula is C5H4INO2. The van der Waals surface area contributed by atoms with E-state index < -0.39 is 6.09 Å². The van der Waals surface area contributed by atoms with Crippen LogP contribution in [0.25, 0.3) is 0 Å². The summed E-state index contributed by atoms with van der Waals surface area (Å²) < 4.78 is 2.04. The van der Waals surface area contributed by atoms with Crippen molar-refractivity contribution in [3.8, 4) is 0 Å². The monoisotopic (exact) mass is 237 g/mol. The van der Waals surface area contributed by atoms with Gasteiger partial charge in [0.05, 0.1) is 0 Å². The van der Waals surface area contributed by atoms with Crippen LogP contribution < -0.4 is 0 Å². The van der Waals surface area contributed by atoms with Crippen molar-refractivity contribution < 1.29 is 9.90 Å². The van der Waals surface area contributed by atoms with E-state index in [2.05, 4.69) is 0 Å². The molecule has 0 spiro atoms. The lowest BCUT2D eigenvalue weighted by Crippen LogP contribution is -2.03. The molecule has 48 valence electrons.